The number of sulfonamides is 1. The van der Waals surface area contributed by atoms with Crippen LogP contribution < -0.4 is 4.31 Å². The summed E-state index contributed by atoms with van der Waals surface area (Å²) in [5.41, 5.74) is 2.69. The minimum absolute atomic E-state index is 0.0759. The minimum atomic E-state index is -3.57. The van der Waals surface area contributed by atoms with E-state index >= 15 is 0 Å². The number of carbonyl (C=O) groups excluding carboxylic acids is 1. The molecule has 1 amide bonds. The highest BCUT2D eigenvalue weighted by Crippen LogP contribution is 2.26. The fourth-order valence-corrected chi connectivity index (χ4v) is 4.61. The van der Waals surface area contributed by atoms with Crippen LogP contribution >= 0.6 is 0 Å². The van der Waals surface area contributed by atoms with Gasteiger partial charge in [0, 0.05) is 13.1 Å². The number of aryl methyl sites for hydroxylation is 2. The molecule has 0 unspecified atom stereocenters. The molecule has 1 atom stereocenters. The fourth-order valence-electron chi connectivity index (χ4n) is 3.41. The summed E-state index contributed by atoms with van der Waals surface area (Å²) in [6, 6.07) is 4.87. The van der Waals surface area contributed by atoms with E-state index in [1.54, 1.807) is 6.07 Å². The summed E-state index contributed by atoms with van der Waals surface area (Å²) in [5.74, 6) is -0.0759. The average molecular weight is 367 g/mol. The van der Waals surface area contributed by atoms with Crippen LogP contribution in [0.2, 0.25) is 0 Å². The van der Waals surface area contributed by atoms with Crippen molar-refractivity contribution in [2.45, 2.75) is 58.9 Å². The van der Waals surface area contributed by atoms with Crippen molar-refractivity contribution in [2.24, 2.45) is 0 Å². The standard InChI is InChI=1S/C19H30N2O3S/c1-5-18(19(22)20-12-8-6-7-9-13-20)21(25(4,23)24)17-11-10-15(2)16(3)14-17/h10-11,14,18H,5-9,12-13H2,1-4H3/t18-/m0/s1. The predicted molar refractivity (Wildman–Crippen MR) is 102 cm³/mol. The Morgan fingerprint density at radius 3 is 2.20 bits per heavy atom. The molecule has 1 saturated heterocycles. The van der Waals surface area contributed by atoms with Gasteiger partial charge in [0.1, 0.15) is 6.04 Å². The SMILES string of the molecule is CC[C@@H](C(=O)N1CCCCCC1)N(c1ccc(C)c(C)c1)S(C)(=O)=O. The van der Waals surface area contributed by atoms with Gasteiger partial charge in [-0.1, -0.05) is 25.8 Å². The Morgan fingerprint density at radius 2 is 1.72 bits per heavy atom. The Bertz CT molecular complexity index is 707. The van der Waals surface area contributed by atoms with E-state index in [9.17, 15) is 13.2 Å². The molecule has 0 saturated carbocycles. The van der Waals surface area contributed by atoms with E-state index in [4.69, 9.17) is 0 Å². The van der Waals surface area contributed by atoms with Gasteiger partial charge in [0.2, 0.25) is 15.9 Å². The summed E-state index contributed by atoms with van der Waals surface area (Å²) in [6.07, 6.45) is 5.88. The molecule has 0 N–H and O–H groups in total. The highest BCUT2D eigenvalue weighted by atomic mass is 32.2. The topological polar surface area (TPSA) is 57.7 Å². The van der Waals surface area contributed by atoms with Crippen LogP contribution in [0.15, 0.2) is 18.2 Å². The summed E-state index contributed by atoms with van der Waals surface area (Å²) < 4.78 is 26.4. The lowest BCUT2D eigenvalue weighted by Gasteiger charge is -2.34. The van der Waals surface area contributed by atoms with Gasteiger partial charge in [0.05, 0.1) is 11.9 Å². The van der Waals surface area contributed by atoms with Crippen LogP contribution in [-0.2, 0) is 14.8 Å². The third-order valence-electron chi connectivity index (χ3n) is 4.97. The first-order valence-corrected chi connectivity index (χ1v) is 11.0. The Balaban J connectivity index is 2.40. The number of hydrogen-bond donors (Lipinski definition) is 0. The minimum Gasteiger partial charge on any atom is -0.341 e. The molecule has 0 spiro atoms. The lowest BCUT2D eigenvalue weighted by molar-refractivity contribution is -0.132. The normalized spacial score (nSPS) is 17.0. The molecule has 0 radical (unpaired) electrons. The Kier molecular flexibility index (Phi) is 6.49. The molecule has 1 fully saturated rings. The van der Waals surface area contributed by atoms with Crippen molar-refractivity contribution in [1.82, 2.24) is 4.90 Å². The number of likely N-dealkylation sites (tertiary alicyclic amines) is 1. The van der Waals surface area contributed by atoms with Crippen LogP contribution in [0, 0.1) is 13.8 Å². The van der Waals surface area contributed by atoms with Crippen molar-refractivity contribution < 1.29 is 13.2 Å². The van der Waals surface area contributed by atoms with Crippen molar-refractivity contribution >= 4 is 21.6 Å². The van der Waals surface area contributed by atoms with Crippen molar-refractivity contribution in [3.63, 3.8) is 0 Å². The number of nitrogens with zero attached hydrogens (tertiary/aromatic N) is 2. The second-order valence-electron chi connectivity index (χ2n) is 6.99. The van der Waals surface area contributed by atoms with Crippen molar-refractivity contribution in [3.8, 4) is 0 Å². The van der Waals surface area contributed by atoms with E-state index in [0.29, 0.717) is 12.1 Å². The average Bonchev–Trinajstić information content (AvgIpc) is 2.83. The van der Waals surface area contributed by atoms with Gasteiger partial charge in [0.25, 0.3) is 0 Å². The van der Waals surface area contributed by atoms with Crippen LogP contribution in [0.3, 0.4) is 0 Å². The van der Waals surface area contributed by atoms with E-state index < -0.39 is 16.1 Å². The molecule has 2 rings (SSSR count). The van der Waals surface area contributed by atoms with Crippen molar-refractivity contribution in [2.75, 3.05) is 23.7 Å². The smallest absolute Gasteiger partial charge is 0.246 e. The highest BCUT2D eigenvalue weighted by molar-refractivity contribution is 7.92. The van der Waals surface area contributed by atoms with Gasteiger partial charge < -0.3 is 4.90 Å². The van der Waals surface area contributed by atoms with Gasteiger partial charge in [-0.15, -0.1) is 0 Å². The number of rotatable bonds is 5. The molecule has 1 heterocycles. The molecule has 0 bridgehead atoms. The zero-order valence-electron chi connectivity index (χ0n) is 15.8. The first-order valence-electron chi connectivity index (χ1n) is 9.11. The molecular formula is C19H30N2O3S. The van der Waals surface area contributed by atoms with E-state index in [1.165, 1.54) is 10.6 Å². The first kappa shape index (κ1) is 19.8. The summed E-state index contributed by atoms with van der Waals surface area (Å²) in [7, 11) is -3.57. The zero-order chi connectivity index (χ0) is 18.6. The molecule has 1 aliphatic heterocycles. The highest BCUT2D eigenvalue weighted by Gasteiger charge is 2.34. The monoisotopic (exact) mass is 366 g/mol. The maximum absolute atomic E-state index is 13.1. The van der Waals surface area contributed by atoms with Crippen LogP contribution in [0.4, 0.5) is 5.69 Å². The lowest BCUT2D eigenvalue weighted by atomic mass is 10.1. The molecule has 0 aromatic heterocycles. The third kappa shape index (κ3) is 4.75. The summed E-state index contributed by atoms with van der Waals surface area (Å²) >= 11 is 0. The largest absolute Gasteiger partial charge is 0.341 e. The molecule has 1 aliphatic rings. The molecule has 0 aliphatic carbocycles. The third-order valence-corrected chi connectivity index (χ3v) is 6.15. The van der Waals surface area contributed by atoms with E-state index in [2.05, 4.69) is 0 Å². The molecule has 140 valence electrons. The molecule has 1 aromatic rings. The Morgan fingerprint density at radius 1 is 1.12 bits per heavy atom. The number of anilines is 1. The van der Waals surface area contributed by atoms with Gasteiger partial charge in [-0.2, -0.15) is 0 Å². The van der Waals surface area contributed by atoms with E-state index in [-0.39, 0.29) is 5.91 Å². The molecule has 1 aromatic carbocycles. The van der Waals surface area contributed by atoms with Gasteiger partial charge in [-0.3, -0.25) is 9.10 Å². The number of carbonyl (C=O) groups is 1. The summed E-state index contributed by atoms with van der Waals surface area (Å²) in [4.78, 5) is 15.0. The summed E-state index contributed by atoms with van der Waals surface area (Å²) in [5, 5.41) is 0. The second kappa shape index (κ2) is 8.21. The van der Waals surface area contributed by atoms with Gasteiger partial charge >= 0.3 is 0 Å². The lowest BCUT2D eigenvalue weighted by Crippen LogP contribution is -2.51. The van der Waals surface area contributed by atoms with E-state index in [1.807, 2.05) is 37.8 Å². The van der Waals surface area contributed by atoms with Gasteiger partial charge in [-0.05, 0) is 56.4 Å². The molecular weight excluding hydrogens is 336 g/mol. The second-order valence-corrected chi connectivity index (χ2v) is 8.85. The van der Waals surface area contributed by atoms with Gasteiger partial charge in [-0.25, -0.2) is 8.42 Å². The zero-order valence-corrected chi connectivity index (χ0v) is 16.6. The van der Waals surface area contributed by atoms with E-state index in [0.717, 1.165) is 49.9 Å². The molecule has 25 heavy (non-hydrogen) atoms. The van der Waals surface area contributed by atoms with Gasteiger partial charge in [0.15, 0.2) is 0 Å². The van der Waals surface area contributed by atoms with Crippen LogP contribution in [-0.4, -0.2) is 44.6 Å². The van der Waals surface area contributed by atoms with Crippen LogP contribution in [0.1, 0.15) is 50.2 Å². The van der Waals surface area contributed by atoms with Crippen molar-refractivity contribution in [3.05, 3.63) is 29.3 Å². The molecule has 6 heteroatoms. The number of hydrogen-bond acceptors (Lipinski definition) is 3. The number of amides is 1. The summed E-state index contributed by atoms with van der Waals surface area (Å²) in [6.45, 7) is 7.26. The maximum Gasteiger partial charge on any atom is 0.246 e. The maximum atomic E-state index is 13.1. The van der Waals surface area contributed by atoms with Crippen molar-refractivity contribution in [1.29, 1.82) is 0 Å². The van der Waals surface area contributed by atoms with Crippen LogP contribution in [0.25, 0.3) is 0 Å². The fraction of sp³-hybridized carbons (Fsp3) is 0.632. The molecule has 5 nitrogen and oxygen atoms in total. The Labute approximate surface area is 152 Å². The number of benzene rings is 1. The Hall–Kier alpha value is -1.56. The first-order chi connectivity index (χ1) is 11.8. The predicted octanol–water partition coefficient (Wildman–Crippen LogP) is 3.25. The van der Waals surface area contributed by atoms with Crippen LogP contribution in [0.5, 0.6) is 0 Å². The quantitative estimate of drug-likeness (QED) is 0.804.